The highest BCUT2D eigenvalue weighted by Crippen LogP contribution is 2.13. The van der Waals surface area contributed by atoms with Gasteiger partial charge in [0, 0.05) is 12.0 Å². The summed E-state index contributed by atoms with van der Waals surface area (Å²) in [6, 6.07) is 0. The van der Waals surface area contributed by atoms with E-state index in [0.717, 1.165) is 0 Å². The first kappa shape index (κ1) is 13.7. The molecule has 0 aliphatic carbocycles. The molecule has 0 aromatic rings. The van der Waals surface area contributed by atoms with Crippen molar-refractivity contribution in [3.8, 4) is 0 Å². The van der Waals surface area contributed by atoms with Gasteiger partial charge in [-0.05, 0) is 27.2 Å². The summed E-state index contributed by atoms with van der Waals surface area (Å²) in [6.45, 7) is 8.89. The second-order valence-corrected chi connectivity index (χ2v) is 4.18. The minimum atomic E-state index is -0.536. The highest BCUT2D eigenvalue weighted by Gasteiger charge is 2.18. The lowest BCUT2D eigenvalue weighted by atomic mass is 10.1. The molecule has 0 aliphatic rings. The molecule has 0 saturated heterocycles. The van der Waals surface area contributed by atoms with E-state index in [-0.39, 0.29) is 24.4 Å². The number of hydrogen-bond acceptors (Lipinski definition) is 4. The minimum absolute atomic E-state index is 0.147. The van der Waals surface area contributed by atoms with Gasteiger partial charge >= 0.3 is 11.9 Å². The third-order valence-corrected chi connectivity index (χ3v) is 1.55. The van der Waals surface area contributed by atoms with E-state index in [1.165, 1.54) is 7.11 Å². The molecule has 0 aromatic heterocycles. The normalized spacial score (nSPS) is 10.7. The SMILES string of the molecule is C=C(CCC(=O)OC)C(=O)OC(C)(C)C. The minimum Gasteiger partial charge on any atom is -0.469 e. The zero-order chi connectivity index (χ0) is 12.1. The summed E-state index contributed by atoms with van der Waals surface area (Å²) in [4.78, 5) is 22.2. The zero-order valence-electron chi connectivity index (χ0n) is 9.75. The van der Waals surface area contributed by atoms with Crippen molar-refractivity contribution >= 4 is 11.9 Å². The van der Waals surface area contributed by atoms with Crippen LogP contribution in [0, 0.1) is 0 Å². The molecule has 4 heteroatoms. The molecule has 4 nitrogen and oxygen atoms in total. The third kappa shape index (κ3) is 6.71. The van der Waals surface area contributed by atoms with Crippen LogP contribution in [0.3, 0.4) is 0 Å². The van der Waals surface area contributed by atoms with Crippen molar-refractivity contribution in [2.24, 2.45) is 0 Å². The summed E-state index contributed by atoms with van der Waals surface area (Å²) in [5.41, 5.74) is -0.249. The fourth-order valence-corrected chi connectivity index (χ4v) is 0.807. The molecular formula is C11H18O4. The Labute approximate surface area is 90.2 Å². The Hall–Kier alpha value is -1.32. The van der Waals surface area contributed by atoms with Crippen LogP contribution in [0.25, 0.3) is 0 Å². The molecule has 0 heterocycles. The van der Waals surface area contributed by atoms with Crippen LogP contribution < -0.4 is 0 Å². The average Bonchev–Trinajstić information content (AvgIpc) is 2.10. The molecule has 0 N–H and O–H groups in total. The molecule has 0 rings (SSSR count). The van der Waals surface area contributed by atoms with Gasteiger partial charge in [-0.2, -0.15) is 0 Å². The fraction of sp³-hybridized carbons (Fsp3) is 0.636. The molecule has 0 saturated carbocycles. The van der Waals surface area contributed by atoms with E-state index in [1.54, 1.807) is 20.8 Å². The van der Waals surface area contributed by atoms with Crippen molar-refractivity contribution in [3.05, 3.63) is 12.2 Å². The smallest absolute Gasteiger partial charge is 0.333 e. The van der Waals surface area contributed by atoms with Crippen LogP contribution in [0.5, 0.6) is 0 Å². The van der Waals surface area contributed by atoms with Gasteiger partial charge in [-0.3, -0.25) is 4.79 Å². The molecule has 0 bridgehead atoms. The molecule has 0 fully saturated rings. The molecule has 0 aromatic carbocycles. The lowest BCUT2D eigenvalue weighted by Gasteiger charge is -2.20. The first-order valence-corrected chi connectivity index (χ1v) is 4.74. The van der Waals surface area contributed by atoms with E-state index in [0.29, 0.717) is 0 Å². The summed E-state index contributed by atoms with van der Waals surface area (Å²) < 4.78 is 9.52. The summed E-state index contributed by atoms with van der Waals surface area (Å²) >= 11 is 0. The number of carbonyl (C=O) groups is 2. The second kappa shape index (κ2) is 5.53. The van der Waals surface area contributed by atoms with Gasteiger partial charge in [0.15, 0.2) is 0 Å². The monoisotopic (exact) mass is 214 g/mol. The van der Waals surface area contributed by atoms with Gasteiger partial charge in [-0.1, -0.05) is 6.58 Å². The first-order valence-electron chi connectivity index (χ1n) is 4.74. The summed E-state index contributed by atoms with van der Waals surface area (Å²) in [5, 5.41) is 0. The Morgan fingerprint density at radius 3 is 2.13 bits per heavy atom. The van der Waals surface area contributed by atoms with Gasteiger partial charge in [-0.15, -0.1) is 0 Å². The third-order valence-electron chi connectivity index (χ3n) is 1.55. The van der Waals surface area contributed by atoms with Crippen LogP contribution in [0.2, 0.25) is 0 Å². The Morgan fingerprint density at radius 2 is 1.73 bits per heavy atom. The molecule has 15 heavy (non-hydrogen) atoms. The van der Waals surface area contributed by atoms with E-state index in [9.17, 15) is 9.59 Å². The van der Waals surface area contributed by atoms with Crippen molar-refractivity contribution in [1.82, 2.24) is 0 Å². The number of ether oxygens (including phenoxy) is 2. The summed E-state index contributed by atoms with van der Waals surface area (Å²) in [6.07, 6.45) is 0.413. The molecule has 0 unspecified atom stereocenters. The number of hydrogen-bond donors (Lipinski definition) is 0. The maximum absolute atomic E-state index is 11.4. The second-order valence-electron chi connectivity index (χ2n) is 4.18. The van der Waals surface area contributed by atoms with Gasteiger partial charge in [0.1, 0.15) is 5.60 Å². The molecule has 0 atom stereocenters. The Kier molecular flexibility index (Phi) is 5.05. The van der Waals surface area contributed by atoms with Gasteiger partial charge in [0.2, 0.25) is 0 Å². The number of esters is 2. The van der Waals surface area contributed by atoms with Gasteiger partial charge in [0.05, 0.1) is 7.11 Å². The summed E-state index contributed by atoms with van der Waals surface area (Å²) in [7, 11) is 1.30. The standard InChI is InChI=1S/C11H18O4/c1-8(6-7-9(12)14-5)10(13)15-11(2,3)4/h1,6-7H2,2-5H3. The average molecular weight is 214 g/mol. The Morgan fingerprint density at radius 1 is 1.20 bits per heavy atom. The lowest BCUT2D eigenvalue weighted by Crippen LogP contribution is -2.24. The summed E-state index contributed by atoms with van der Waals surface area (Å²) in [5.74, 6) is -0.828. The van der Waals surface area contributed by atoms with Gasteiger partial charge in [0.25, 0.3) is 0 Å². The molecule has 0 aliphatic heterocycles. The molecule has 0 radical (unpaired) electrons. The highest BCUT2D eigenvalue weighted by atomic mass is 16.6. The maximum atomic E-state index is 11.4. The van der Waals surface area contributed by atoms with Crippen LogP contribution in [-0.2, 0) is 19.1 Å². The highest BCUT2D eigenvalue weighted by molar-refractivity contribution is 5.88. The van der Waals surface area contributed by atoms with E-state index in [4.69, 9.17) is 4.74 Å². The fourth-order valence-electron chi connectivity index (χ4n) is 0.807. The Balaban J connectivity index is 4.01. The molecule has 86 valence electrons. The van der Waals surface area contributed by atoms with Crippen molar-refractivity contribution in [1.29, 1.82) is 0 Å². The predicted molar refractivity (Wildman–Crippen MR) is 56.2 cm³/mol. The van der Waals surface area contributed by atoms with Crippen molar-refractivity contribution in [3.63, 3.8) is 0 Å². The van der Waals surface area contributed by atoms with Crippen LogP contribution in [0.15, 0.2) is 12.2 Å². The van der Waals surface area contributed by atoms with Crippen molar-refractivity contribution < 1.29 is 19.1 Å². The topological polar surface area (TPSA) is 52.6 Å². The predicted octanol–water partition coefficient (Wildman–Crippen LogP) is 1.84. The van der Waals surface area contributed by atoms with Gasteiger partial charge < -0.3 is 9.47 Å². The number of rotatable bonds is 4. The maximum Gasteiger partial charge on any atom is 0.333 e. The van der Waals surface area contributed by atoms with Gasteiger partial charge in [-0.25, -0.2) is 4.79 Å². The van der Waals surface area contributed by atoms with Crippen LogP contribution in [-0.4, -0.2) is 24.6 Å². The van der Waals surface area contributed by atoms with E-state index >= 15 is 0 Å². The quantitative estimate of drug-likeness (QED) is 0.529. The van der Waals surface area contributed by atoms with Crippen LogP contribution >= 0.6 is 0 Å². The van der Waals surface area contributed by atoms with E-state index in [1.807, 2.05) is 0 Å². The molecule has 0 spiro atoms. The molecule has 0 amide bonds. The first-order chi connectivity index (χ1) is 6.76. The number of methoxy groups -OCH3 is 1. The van der Waals surface area contributed by atoms with E-state index < -0.39 is 11.6 Å². The van der Waals surface area contributed by atoms with Crippen molar-refractivity contribution in [2.75, 3.05) is 7.11 Å². The zero-order valence-corrected chi connectivity index (χ0v) is 9.75. The molecular weight excluding hydrogens is 196 g/mol. The van der Waals surface area contributed by atoms with Crippen LogP contribution in [0.1, 0.15) is 33.6 Å². The lowest BCUT2D eigenvalue weighted by molar-refractivity contribution is -0.150. The number of carbonyl (C=O) groups excluding carboxylic acids is 2. The van der Waals surface area contributed by atoms with Crippen LogP contribution in [0.4, 0.5) is 0 Å². The van der Waals surface area contributed by atoms with Crippen molar-refractivity contribution in [2.45, 2.75) is 39.2 Å². The van der Waals surface area contributed by atoms with E-state index in [2.05, 4.69) is 11.3 Å². The Bertz CT molecular complexity index is 260. The largest absolute Gasteiger partial charge is 0.469 e.